The summed E-state index contributed by atoms with van der Waals surface area (Å²) >= 11 is 0. The highest BCUT2D eigenvalue weighted by molar-refractivity contribution is 6.07. The van der Waals surface area contributed by atoms with E-state index >= 15 is 0 Å². The Morgan fingerprint density at radius 2 is 1.84 bits per heavy atom. The molecular formula is C24H30FN3O3. The maximum atomic E-state index is 13.4. The standard InChI is InChI=1S/C24H30FN3O3/c1-4-5-14-24(19-10-12-20(25)13-11-19)22(29)28(23(30)26-24)17-27(3)15-16-31-21-9-7-6-8-18(21)2/h6-13H,4-5,14-17H2,1-3H3,(H,26,30)/t24-/m1/s1. The van der Waals surface area contributed by atoms with Crippen LogP contribution in [0.5, 0.6) is 5.75 Å². The molecule has 6 nitrogen and oxygen atoms in total. The first-order chi connectivity index (χ1) is 14.9. The molecule has 0 spiro atoms. The molecule has 0 unspecified atom stereocenters. The molecule has 166 valence electrons. The van der Waals surface area contributed by atoms with Crippen molar-refractivity contribution in [2.45, 2.75) is 38.6 Å². The van der Waals surface area contributed by atoms with Crippen LogP contribution in [0.25, 0.3) is 0 Å². The summed E-state index contributed by atoms with van der Waals surface area (Å²) in [5.74, 6) is 0.140. The molecule has 0 bridgehead atoms. The predicted octanol–water partition coefficient (Wildman–Crippen LogP) is 4.04. The molecule has 7 heteroatoms. The van der Waals surface area contributed by atoms with Crippen LogP contribution in [0.3, 0.4) is 0 Å². The van der Waals surface area contributed by atoms with Crippen LogP contribution in [-0.4, -0.2) is 48.6 Å². The fourth-order valence-corrected chi connectivity index (χ4v) is 3.78. The summed E-state index contributed by atoms with van der Waals surface area (Å²) in [5, 5.41) is 2.89. The molecule has 1 saturated heterocycles. The van der Waals surface area contributed by atoms with Gasteiger partial charge in [-0.1, -0.05) is 50.1 Å². The van der Waals surface area contributed by atoms with E-state index in [0.717, 1.165) is 24.2 Å². The van der Waals surface area contributed by atoms with Crippen LogP contribution in [-0.2, 0) is 10.3 Å². The second-order valence-corrected chi connectivity index (χ2v) is 8.01. The lowest BCUT2D eigenvalue weighted by atomic mass is 9.85. The molecule has 1 fully saturated rings. The fraction of sp³-hybridized carbons (Fsp3) is 0.417. The van der Waals surface area contributed by atoms with Crippen molar-refractivity contribution in [1.29, 1.82) is 0 Å². The molecule has 0 aromatic heterocycles. The van der Waals surface area contributed by atoms with Crippen molar-refractivity contribution in [3.8, 4) is 5.75 Å². The predicted molar refractivity (Wildman–Crippen MR) is 117 cm³/mol. The summed E-state index contributed by atoms with van der Waals surface area (Å²) in [7, 11) is 1.84. The van der Waals surface area contributed by atoms with Gasteiger partial charge in [0.05, 0.1) is 6.67 Å². The van der Waals surface area contributed by atoms with Crippen LogP contribution < -0.4 is 10.1 Å². The monoisotopic (exact) mass is 427 g/mol. The van der Waals surface area contributed by atoms with Gasteiger partial charge in [0.15, 0.2) is 0 Å². The normalized spacial score (nSPS) is 18.5. The van der Waals surface area contributed by atoms with Gasteiger partial charge < -0.3 is 10.1 Å². The van der Waals surface area contributed by atoms with Gasteiger partial charge in [0.25, 0.3) is 5.91 Å². The Bertz CT molecular complexity index is 919. The third-order valence-electron chi connectivity index (χ3n) is 5.63. The Hall–Kier alpha value is -2.93. The van der Waals surface area contributed by atoms with Crippen molar-refractivity contribution in [2.75, 3.05) is 26.9 Å². The molecule has 1 heterocycles. The van der Waals surface area contributed by atoms with Crippen molar-refractivity contribution < 1.29 is 18.7 Å². The summed E-state index contributed by atoms with van der Waals surface area (Å²) in [6.45, 7) is 5.14. The number of halogens is 1. The van der Waals surface area contributed by atoms with E-state index in [9.17, 15) is 14.0 Å². The van der Waals surface area contributed by atoms with E-state index in [1.165, 1.54) is 17.0 Å². The highest BCUT2D eigenvalue weighted by Gasteiger charge is 2.51. The first-order valence-corrected chi connectivity index (χ1v) is 10.6. The van der Waals surface area contributed by atoms with Crippen molar-refractivity contribution in [1.82, 2.24) is 15.1 Å². The van der Waals surface area contributed by atoms with Gasteiger partial charge in [-0.2, -0.15) is 0 Å². The number of ether oxygens (including phenoxy) is 1. The zero-order valence-corrected chi connectivity index (χ0v) is 18.4. The average Bonchev–Trinajstić information content (AvgIpc) is 2.99. The molecule has 31 heavy (non-hydrogen) atoms. The Labute approximate surface area is 183 Å². The number of urea groups is 1. The highest BCUT2D eigenvalue weighted by Crippen LogP contribution is 2.34. The minimum atomic E-state index is -1.15. The number of rotatable bonds is 10. The van der Waals surface area contributed by atoms with E-state index in [4.69, 9.17) is 4.74 Å². The minimum Gasteiger partial charge on any atom is -0.492 e. The lowest BCUT2D eigenvalue weighted by Gasteiger charge is -2.28. The van der Waals surface area contributed by atoms with Gasteiger partial charge >= 0.3 is 6.03 Å². The minimum absolute atomic E-state index is 0.150. The van der Waals surface area contributed by atoms with E-state index in [0.29, 0.717) is 25.1 Å². The van der Waals surface area contributed by atoms with Crippen molar-refractivity contribution in [3.63, 3.8) is 0 Å². The number of hydrogen-bond acceptors (Lipinski definition) is 4. The van der Waals surface area contributed by atoms with Gasteiger partial charge in [0.2, 0.25) is 0 Å². The van der Waals surface area contributed by atoms with Crippen LogP contribution in [0.4, 0.5) is 9.18 Å². The summed E-state index contributed by atoms with van der Waals surface area (Å²) in [5.41, 5.74) is 0.507. The van der Waals surface area contributed by atoms with Gasteiger partial charge in [-0.3, -0.25) is 9.69 Å². The lowest BCUT2D eigenvalue weighted by molar-refractivity contribution is -0.133. The van der Waals surface area contributed by atoms with E-state index in [1.807, 2.05) is 50.1 Å². The van der Waals surface area contributed by atoms with Crippen LogP contribution in [0.1, 0.15) is 37.3 Å². The van der Waals surface area contributed by atoms with Crippen LogP contribution >= 0.6 is 0 Å². The quantitative estimate of drug-likeness (QED) is 0.582. The van der Waals surface area contributed by atoms with Gasteiger partial charge in [0.1, 0.15) is 23.7 Å². The van der Waals surface area contributed by atoms with Crippen LogP contribution in [0.2, 0.25) is 0 Å². The molecule has 0 aliphatic carbocycles. The molecule has 0 radical (unpaired) electrons. The molecule has 2 aromatic rings. The number of aryl methyl sites for hydroxylation is 1. The number of nitrogens with zero attached hydrogens (tertiary/aromatic N) is 2. The van der Waals surface area contributed by atoms with E-state index < -0.39 is 11.6 Å². The summed E-state index contributed by atoms with van der Waals surface area (Å²) in [6.07, 6.45) is 2.11. The molecule has 2 aromatic carbocycles. The molecule has 3 amide bonds. The molecule has 1 N–H and O–H groups in total. The van der Waals surface area contributed by atoms with Gasteiger partial charge in [-0.05, 0) is 49.7 Å². The Kier molecular flexibility index (Phi) is 7.28. The average molecular weight is 428 g/mol. The first kappa shape index (κ1) is 22.7. The number of carbonyl (C=O) groups is 2. The zero-order valence-electron chi connectivity index (χ0n) is 18.4. The van der Waals surface area contributed by atoms with Gasteiger partial charge in [0, 0.05) is 6.54 Å². The molecule has 3 rings (SSSR count). The molecule has 1 atom stereocenters. The number of imide groups is 1. The number of nitrogens with one attached hydrogen (secondary N) is 1. The Morgan fingerprint density at radius 1 is 1.13 bits per heavy atom. The largest absolute Gasteiger partial charge is 0.492 e. The number of unbranched alkanes of at least 4 members (excludes halogenated alkanes) is 1. The maximum absolute atomic E-state index is 13.4. The molecule has 0 saturated carbocycles. The number of likely N-dealkylation sites (N-methyl/N-ethyl adjacent to an activating group) is 1. The lowest BCUT2D eigenvalue weighted by Crippen LogP contribution is -2.45. The topological polar surface area (TPSA) is 61.9 Å². The highest BCUT2D eigenvalue weighted by atomic mass is 19.1. The third-order valence-corrected chi connectivity index (χ3v) is 5.63. The SMILES string of the molecule is CCCC[C@]1(c2ccc(F)cc2)NC(=O)N(CN(C)CCOc2ccccc2C)C1=O. The fourth-order valence-electron chi connectivity index (χ4n) is 3.78. The second kappa shape index (κ2) is 9.92. The van der Waals surface area contributed by atoms with Crippen LogP contribution in [0.15, 0.2) is 48.5 Å². The van der Waals surface area contributed by atoms with Crippen LogP contribution in [0, 0.1) is 12.7 Å². The summed E-state index contributed by atoms with van der Waals surface area (Å²) < 4.78 is 19.3. The zero-order chi connectivity index (χ0) is 22.4. The number of hydrogen-bond donors (Lipinski definition) is 1. The smallest absolute Gasteiger partial charge is 0.326 e. The van der Waals surface area contributed by atoms with Crippen molar-refractivity contribution in [3.05, 3.63) is 65.5 Å². The third kappa shape index (κ3) is 5.05. The summed E-state index contributed by atoms with van der Waals surface area (Å²) in [4.78, 5) is 29.2. The number of benzene rings is 2. The van der Waals surface area contributed by atoms with Crippen molar-refractivity contribution in [2.24, 2.45) is 0 Å². The van der Waals surface area contributed by atoms with E-state index in [1.54, 1.807) is 12.1 Å². The van der Waals surface area contributed by atoms with Gasteiger partial charge in [-0.25, -0.2) is 14.1 Å². The molecule has 1 aliphatic heterocycles. The van der Waals surface area contributed by atoms with Gasteiger partial charge in [-0.15, -0.1) is 0 Å². The Balaban J connectivity index is 1.67. The first-order valence-electron chi connectivity index (χ1n) is 10.6. The van der Waals surface area contributed by atoms with E-state index in [2.05, 4.69) is 5.32 Å². The summed E-state index contributed by atoms with van der Waals surface area (Å²) in [6, 6.07) is 13.1. The van der Waals surface area contributed by atoms with Crippen molar-refractivity contribution >= 4 is 11.9 Å². The number of carbonyl (C=O) groups excluding carboxylic acids is 2. The molecular weight excluding hydrogens is 397 g/mol. The second-order valence-electron chi connectivity index (χ2n) is 8.01. The maximum Gasteiger partial charge on any atom is 0.326 e. The molecule has 1 aliphatic rings. The Morgan fingerprint density at radius 3 is 2.52 bits per heavy atom. The number of amides is 3. The van der Waals surface area contributed by atoms with E-state index in [-0.39, 0.29) is 18.4 Å². The number of para-hydroxylation sites is 1.